The Kier molecular flexibility index (Phi) is 3.95. The van der Waals surface area contributed by atoms with Crippen LogP contribution in [0.15, 0.2) is 52.8 Å². The number of rotatable bonds is 6. The highest BCUT2D eigenvalue weighted by molar-refractivity contribution is 6.07. The minimum Gasteiger partial charge on any atom is -0.350 e. The van der Waals surface area contributed by atoms with Crippen LogP contribution in [0.1, 0.15) is 31.0 Å². The SMILES string of the molecule is CC[CH]CC1(Cc2ccccc2)C=NC(c2c[nH]cn2)=N1. The number of aliphatic imine (C=N–C) groups is 2. The fraction of sp³-hybridized carbons (Fsp3) is 0.294. The fourth-order valence-electron chi connectivity index (χ4n) is 2.56. The molecule has 0 amide bonds. The summed E-state index contributed by atoms with van der Waals surface area (Å²) in [6.07, 6.45) is 10.5. The van der Waals surface area contributed by atoms with Crippen molar-refractivity contribution in [3.05, 3.63) is 60.5 Å². The van der Waals surface area contributed by atoms with Crippen LogP contribution in [0.5, 0.6) is 0 Å². The highest BCUT2D eigenvalue weighted by Crippen LogP contribution is 2.27. The molecule has 4 nitrogen and oxygen atoms in total. The van der Waals surface area contributed by atoms with Gasteiger partial charge in [-0.05, 0) is 18.4 Å². The third-order valence-corrected chi connectivity index (χ3v) is 3.62. The monoisotopic (exact) mass is 279 g/mol. The van der Waals surface area contributed by atoms with Crippen molar-refractivity contribution in [2.45, 2.75) is 31.7 Å². The number of H-pyrrole nitrogens is 1. The van der Waals surface area contributed by atoms with Gasteiger partial charge < -0.3 is 4.98 Å². The van der Waals surface area contributed by atoms with E-state index < -0.39 is 0 Å². The predicted octanol–water partition coefficient (Wildman–Crippen LogP) is 3.23. The second-order valence-electron chi connectivity index (χ2n) is 5.32. The first-order chi connectivity index (χ1) is 10.3. The molecule has 1 N–H and O–H groups in total. The van der Waals surface area contributed by atoms with E-state index in [1.54, 1.807) is 6.33 Å². The number of nitrogens with zero attached hydrogens (tertiary/aromatic N) is 3. The Morgan fingerprint density at radius 1 is 1.24 bits per heavy atom. The maximum absolute atomic E-state index is 4.88. The fourth-order valence-corrected chi connectivity index (χ4v) is 2.56. The maximum Gasteiger partial charge on any atom is 0.175 e. The minimum atomic E-state index is -0.272. The van der Waals surface area contributed by atoms with Gasteiger partial charge in [-0.1, -0.05) is 43.7 Å². The summed E-state index contributed by atoms with van der Waals surface area (Å²) in [5.41, 5.74) is 1.81. The number of aromatic amines is 1. The molecule has 0 saturated heterocycles. The van der Waals surface area contributed by atoms with Crippen molar-refractivity contribution < 1.29 is 0 Å². The Labute approximate surface area is 125 Å². The van der Waals surface area contributed by atoms with Crippen LogP contribution in [0.3, 0.4) is 0 Å². The quantitative estimate of drug-likeness (QED) is 0.867. The molecule has 1 aromatic carbocycles. The molecular weight excluding hydrogens is 260 g/mol. The molecule has 21 heavy (non-hydrogen) atoms. The van der Waals surface area contributed by atoms with E-state index in [0.29, 0.717) is 0 Å². The Hall–Kier alpha value is -2.23. The molecule has 0 spiro atoms. The largest absolute Gasteiger partial charge is 0.350 e. The van der Waals surface area contributed by atoms with Crippen molar-refractivity contribution in [3.63, 3.8) is 0 Å². The third-order valence-electron chi connectivity index (χ3n) is 3.62. The van der Waals surface area contributed by atoms with E-state index in [4.69, 9.17) is 4.99 Å². The highest BCUT2D eigenvalue weighted by atomic mass is 15.1. The van der Waals surface area contributed by atoms with Gasteiger partial charge in [-0.3, -0.25) is 4.99 Å². The summed E-state index contributed by atoms with van der Waals surface area (Å²) in [4.78, 5) is 16.6. The topological polar surface area (TPSA) is 53.4 Å². The lowest BCUT2D eigenvalue weighted by molar-refractivity contribution is 0.567. The third kappa shape index (κ3) is 3.10. The average molecular weight is 279 g/mol. The number of nitrogens with one attached hydrogen (secondary N) is 1. The van der Waals surface area contributed by atoms with Gasteiger partial charge in [0.15, 0.2) is 5.84 Å². The molecule has 2 aromatic rings. The smallest absolute Gasteiger partial charge is 0.175 e. The van der Waals surface area contributed by atoms with E-state index in [1.165, 1.54) is 5.56 Å². The average Bonchev–Trinajstić information content (AvgIpc) is 3.16. The van der Waals surface area contributed by atoms with Crippen LogP contribution < -0.4 is 0 Å². The van der Waals surface area contributed by atoms with Gasteiger partial charge in [-0.2, -0.15) is 0 Å². The van der Waals surface area contributed by atoms with E-state index >= 15 is 0 Å². The van der Waals surface area contributed by atoms with E-state index in [2.05, 4.69) is 52.6 Å². The van der Waals surface area contributed by atoms with Gasteiger partial charge in [-0.25, -0.2) is 9.98 Å². The van der Waals surface area contributed by atoms with Crippen molar-refractivity contribution >= 4 is 12.1 Å². The van der Waals surface area contributed by atoms with Crippen LogP contribution in [0.4, 0.5) is 0 Å². The summed E-state index contributed by atoms with van der Waals surface area (Å²) in [6, 6.07) is 10.5. The summed E-state index contributed by atoms with van der Waals surface area (Å²) in [6.45, 7) is 2.15. The Bertz CT molecular complexity index is 628. The summed E-state index contributed by atoms with van der Waals surface area (Å²) < 4.78 is 0. The van der Waals surface area contributed by atoms with Crippen LogP contribution in [-0.4, -0.2) is 27.6 Å². The van der Waals surface area contributed by atoms with Crippen LogP contribution in [-0.2, 0) is 6.42 Å². The molecule has 0 aliphatic carbocycles. The van der Waals surface area contributed by atoms with Crippen LogP contribution >= 0.6 is 0 Å². The zero-order chi connectivity index (χ0) is 14.5. The lowest BCUT2D eigenvalue weighted by Crippen LogP contribution is -2.29. The van der Waals surface area contributed by atoms with Crippen molar-refractivity contribution in [2.24, 2.45) is 9.98 Å². The lowest BCUT2D eigenvalue weighted by atomic mass is 9.88. The first kappa shape index (κ1) is 13.7. The molecule has 0 fully saturated rings. The number of amidine groups is 1. The Morgan fingerprint density at radius 2 is 2.10 bits per heavy atom. The van der Waals surface area contributed by atoms with Gasteiger partial charge in [-0.15, -0.1) is 0 Å². The number of benzene rings is 1. The molecule has 1 unspecified atom stereocenters. The van der Waals surface area contributed by atoms with Gasteiger partial charge in [0.2, 0.25) is 0 Å². The van der Waals surface area contributed by atoms with Crippen molar-refractivity contribution in [1.82, 2.24) is 9.97 Å². The number of unbranched alkanes of at least 4 members (excludes halogenated alkanes) is 1. The van der Waals surface area contributed by atoms with Crippen molar-refractivity contribution in [3.8, 4) is 0 Å². The Morgan fingerprint density at radius 3 is 2.81 bits per heavy atom. The molecule has 1 aromatic heterocycles. The highest BCUT2D eigenvalue weighted by Gasteiger charge is 2.32. The van der Waals surface area contributed by atoms with Gasteiger partial charge >= 0.3 is 0 Å². The summed E-state index contributed by atoms with van der Waals surface area (Å²) in [7, 11) is 0. The summed E-state index contributed by atoms with van der Waals surface area (Å²) >= 11 is 0. The lowest BCUT2D eigenvalue weighted by Gasteiger charge is -2.22. The molecule has 1 aliphatic rings. The van der Waals surface area contributed by atoms with Crippen molar-refractivity contribution in [2.75, 3.05) is 0 Å². The van der Waals surface area contributed by atoms with Gasteiger partial charge in [0.1, 0.15) is 11.2 Å². The van der Waals surface area contributed by atoms with E-state index in [0.717, 1.165) is 30.8 Å². The zero-order valence-electron chi connectivity index (χ0n) is 12.2. The minimum absolute atomic E-state index is 0.272. The normalized spacial score (nSPS) is 20.7. The first-order valence-electron chi connectivity index (χ1n) is 7.31. The molecule has 1 aliphatic heterocycles. The molecule has 3 rings (SSSR count). The number of aromatic nitrogens is 2. The van der Waals surface area contributed by atoms with Crippen LogP contribution in [0, 0.1) is 6.42 Å². The van der Waals surface area contributed by atoms with Gasteiger partial charge in [0.25, 0.3) is 0 Å². The van der Waals surface area contributed by atoms with E-state index in [1.807, 2.05) is 18.5 Å². The second kappa shape index (κ2) is 6.04. The van der Waals surface area contributed by atoms with Gasteiger partial charge in [0.05, 0.1) is 6.33 Å². The molecule has 0 saturated carbocycles. The number of hydrogen-bond donors (Lipinski definition) is 1. The van der Waals surface area contributed by atoms with Crippen molar-refractivity contribution in [1.29, 1.82) is 0 Å². The van der Waals surface area contributed by atoms with Crippen LogP contribution in [0.2, 0.25) is 0 Å². The standard InChI is InChI=1S/C17H19N4/c1-2-3-9-17(10-14-7-5-4-6-8-14)12-19-16(21-17)15-11-18-13-20-15/h3-8,11-13H,2,9-10H2,1H3,(H,18,20). The molecule has 1 atom stereocenters. The van der Waals surface area contributed by atoms with Gasteiger partial charge in [0, 0.05) is 18.8 Å². The molecule has 4 heteroatoms. The molecular formula is C17H19N4. The Balaban J connectivity index is 1.87. The van der Waals surface area contributed by atoms with Crippen LogP contribution in [0.25, 0.3) is 0 Å². The summed E-state index contributed by atoms with van der Waals surface area (Å²) in [5, 5.41) is 0. The first-order valence-corrected chi connectivity index (χ1v) is 7.31. The summed E-state index contributed by atoms with van der Waals surface area (Å²) in [5.74, 6) is 0.719. The molecule has 1 radical (unpaired) electrons. The number of hydrogen-bond acceptors (Lipinski definition) is 3. The second-order valence-corrected chi connectivity index (χ2v) is 5.32. The van der Waals surface area contributed by atoms with E-state index in [9.17, 15) is 0 Å². The molecule has 107 valence electrons. The molecule has 0 bridgehead atoms. The predicted molar refractivity (Wildman–Crippen MR) is 85.7 cm³/mol. The molecule has 2 heterocycles. The maximum atomic E-state index is 4.88. The zero-order valence-corrected chi connectivity index (χ0v) is 12.2. The number of imidazole rings is 1. The van der Waals surface area contributed by atoms with E-state index in [-0.39, 0.29) is 5.54 Å².